The third-order valence-corrected chi connectivity index (χ3v) is 6.38. The van der Waals surface area contributed by atoms with E-state index in [1.807, 2.05) is 54.6 Å². The molecule has 0 unspecified atom stereocenters. The van der Waals surface area contributed by atoms with Gasteiger partial charge in [0.1, 0.15) is 11.3 Å². The average molecular weight is 446 g/mol. The van der Waals surface area contributed by atoms with Gasteiger partial charge in [0.05, 0.1) is 10.9 Å². The van der Waals surface area contributed by atoms with Gasteiger partial charge in [-0.25, -0.2) is 0 Å². The van der Waals surface area contributed by atoms with Crippen LogP contribution < -0.4 is 11.2 Å². The smallest absolute Gasteiger partial charge is 0.201 e. The Kier molecular flexibility index (Phi) is 4.41. The van der Waals surface area contributed by atoms with E-state index in [2.05, 4.69) is 28.1 Å². The molecule has 1 fully saturated rings. The zero-order chi connectivity index (χ0) is 20.0. The standard InChI is InChI=1S/C25H20BrNO2/c26-19-11-12-20-21(15-19)29-24(17-5-2-1-3-6-17)22(23(20)28)16-7-9-18(10-8-16)25(27)13-4-14-25/h1-3,5-12,15H,4,13-14,27H2. The molecule has 4 aromatic rings. The SMILES string of the molecule is NC1(c2ccc(-c3c(-c4ccccc4)oc4cc(Br)ccc4c3=O)cc2)CCC1. The summed E-state index contributed by atoms with van der Waals surface area (Å²) in [7, 11) is 0. The fourth-order valence-electron chi connectivity index (χ4n) is 4.04. The lowest BCUT2D eigenvalue weighted by atomic mass is 9.72. The van der Waals surface area contributed by atoms with Gasteiger partial charge < -0.3 is 10.2 Å². The highest BCUT2D eigenvalue weighted by molar-refractivity contribution is 9.10. The lowest BCUT2D eigenvalue weighted by molar-refractivity contribution is 0.253. The Bertz CT molecular complexity index is 1260. The highest BCUT2D eigenvalue weighted by Crippen LogP contribution is 2.40. The molecule has 1 aliphatic rings. The zero-order valence-electron chi connectivity index (χ0n) is 15.8. The van der Waals surface area contributed by atoms with Crippen molar-refractivity contribution in [2.24, 2.45) is 5.73 Å². The Hall–Kier alpha value is -2.69. The first-order valence-corrected chi connectivity index (χ1v) is 10.6. The van der Waals surface area contributed by atoms with Crippen LogP contribution in [0.25, 0.3) is 33.4 Å². The van der Waals surface area contributed by atoms with Crippen molar-refractivity contribution in [2.75, 3.05) is 0 Å². The van der Waals surface area contributed by atoms with E-state index in [4.69, 9.17) is 10.2 Å². The van der Waals surface area contributed by atoms with Crippen molar-refractivity contribution in [2.45, 2.75) is 24.8 Å². The van der Waals surface area contributed by atoms with Gasteiger partial charge in [-0.3, -0.25) is 4.79 Å². The van der Waals surface area contributed by atoms with Crippen molar-refractivity contribution in [1.82, 2.24) is 0 Å². The lowest BCUT2D eigenvalue weighted by Gasteiger charge is -2.38. The number of halogens is 1. The molecular formula is C25H20BrNO2. The van der Waals surface area contributed by atoms with Gasteiger partial charge in [0.25, 0.3) is 0 Å². The molecule has 5 rings (SSSR count). The van der Waals surface area contributed by atoms with E-state index >= 15 is 0 Å². The molecule has 0 saturated heterocycles. The van der Waals surface area contributed by atoms with Crippen LogP contribution in [0.4, 0.5) is 0 Å². The van der Waals surface area contributed by atoms with Crippen molar-refractivity contribution < 1.29 is 4.42 Å². The van der Waals surface area contributed by atoms with Gasteiger partial charge in [0, 0.05) is 15.6 Å². The van der Waals surface area contributed by atoms with Crippen LogP contribution in [0.2, 0.25) is 0 Å². The predicted octanol–water partition coefficient (Wildman–Crippen LogP) is 6.23. The number of rotatable bonds is 3. The molecule has 1 heterocycles. The first-order chi connectivity index (χ1) is 14.0. The molecule has 29 heavy (non-hydrogen) atoms. The molecule has 0 spiro atoms. The molecule has 144 valence electrons. The third-order valence-electron chi connectivity index (χ3n) is 5.88. The van der Waals surface area contributed by atoms with Crippen molar-refractivity contribution in [3.8, 4) is 22.5 Å². The van der Waals surface area contributed by atoms with Crippen LogP contribution in [0.5, 0.6) is 0 Å². The van der Waals surface area contributed by atoms with E-state index in [0.717, 1.165) is 34.0 Å². The molecule has 1 aliphatic carbocycles. The van der Waals surface area contributed by atoms with Crippen LogP contribution in [-0.2, 0) is 5.54 Å². The van der Waals surface area contributed by atoms with Gasteiger partial charge >= 0.3 is 0 Å². The van der Waals surface area contributed by atoms with Gasteiger partial charge in [-0.15, -0.1) is 0 Å². The Labute approximate surface area is 177 Å². The van der Waals surface area contributed by atoms with Crippen molar-refractivity contribution in [3.63, 3.8) is 0 Å². The Balaban J connectivity index is 1.74. The second-order valence-corrected chi connectivity index (χ2v) is 8.64. The fourth-order valence-corrected chi connectivity index (χ4v) is 4.38. The molecular weight excluding hydrogens is 426 g/mol. The highest BCUT2D eigenvalue weighted by Gasteiger charge is 2.34. The van der Waals surface area contributed by atoms with E-state index in [-0.39, 0.29) is 11.0 Å². The first kappa shape index (κ1) is 18.3. The van der Waals surface area contributed by atoms with Gasteiger partial charge in [0.2, 0.25) is 5.43 Å². The Morgan fingerprint density at radius 1 is 0.897 bits per heavy atom. The lowest BCUT2D eigenvalue weighted by Crippen LogP contribution is -2.43. The van der Waals surface area contributed by atoms with Gasteiger partial charge in [-0.2, -0.15) is 0 Å². The minimum Gasteiger partial charge on any atom is -0.455 e. The van der Waals surface area contributed by atoms with Crippen LogP contribution in [0, 0.1) is 0 Å². The van der Waals surface area contributed by atoms with Crippen molar-refractivity contribution >= 4 is 26.9 Å². The summed E-state index contributed by atoms with van der Waals surface area (Å²) in [6.45, 7) is 0. The molecule has 0 amide bonds. The fraction of sp³-hybridized carbons (Fsp3) is 0.160. The summed E-state index contributed by atoms with van der Waals surface area (Å²) in [5.41, 5.74) is 10.2. The summed E-state index contributed by atoms with van der Waals surface area (Å²) >= 11 is 3.47. The summed E-state index contributed by atoms with van der Waals surface area (Å²) in [5.74, 6) is 0.583. The first-order valence-electron chi connectivity index (χ1n) is 9.77. The molecule has 1 saturated carbocycles. The normalized spacial score (nSPS) is 15.2. The van der Waals surface area contributed by atoms with E-state index in [9.17, 15) is 4.79 Å². The molecule has 3 nitrogen and oxygen atoms in total. The molecule has 1 aromatic heterocycles. The van der Waals surface area contributed by atoms with Crippen molar-refractivity contribution in [1.29, 1.82) is 0 Å². The Morgan fingerprint density at radius 3 is 2.28 bits per heavy atom. The average Bonchev–Trinajstić information content (AvgIpc) is 2.72. The molecule has 3 aromatic carbocycles. The molecule has 0 bridgehead atoms. The molecule has 0 atom stereocenters. The van der Waals surface area contributed by atoms with Gasteiger partial charge in [-0.05, 0) is 48.6 Å². The van der Waals surface area contributed by atoms with Crippen LogP contribution in [-0.4, -0.2) is 0 Å². The quantitative estimate of drug-likeness (QED) is 0.406. The maximum absolute atomic E-state index is 13.5. The van der Waals surface area contributed by atoms with E-state index in [1.54, 1.807) is 6.07 Å². The second-order valence-electron chi connectivity index (χ2n) is 7.73. The van der Waals surface area contributed by atoms with Crippen LogP contribution in [0.15, 0.2) is 86.5 Å². The molecule has 0 radical (unpaired) electrons. The summed E-state index contributed by atoms with van der Waals surface area (Å²) in [6, 6.07) is 23.4. The van der Waals surface area contributed by atoms with E-state index in [0.29, 0.717) is 22.3 Å². The van der Waals surface area contributed by atoms with Crippen LogP contribution in [0.3, 0.4) is 0 Å². The van der Waals surface area contributed by atoms with E-state index in [1.165, 1.54) is 6.42 Å². The molecule has 4 heteroatoms. The Morgan fingerprint density at radius 2 is 1.62 bits per heavy atom. The van der Waals surface area contributed by atoms with E-state index < -0.39 is 0 Å². The van der Waals surface area contributed by atoms with Crippen LogP contribution >= 0.6 is 15.9 Å². The second kappa shape index (κ2) is 6.97. The van der Waals surface area contributed by atoms with Crippen molar-refractivity contribution in [3.05, 3.63) is 93.1 Å². The molecule has 0 aliphatic heterocycles. The number of benzene rings is 3. The number of nitrogens with two attached hydrogens (primary N) is 1. The third kappa shape index (κ3) is 3.13. The summed E-state index contributed by atoms with van der Waals surface area (Å²) in [5, 5.41) is 0.571. The highest BCUT2D eigenvalue weighted by atomic mass is 79.9. The topological polar surface area (TPSA) is 56.2 Å². The zero-order valence-corrected chi connectivity index (χ0v) is 17.4. The molecule has 2 N–H and O–H groups in total. The van der Waals surface area contributed by atoms with Crippen LogP contribution in [0.1, 0.15) is 24.8 Å². The van der Waals surface area contributed by atoms with Gasteiger partial charge in [-0.1, -0.05) is 70.5 Å². The monoisotopic (exact) mass is 445 g/mol. The minimum absolute atomic E-state index is 0.0311. The number of hydrogen-bond donors (Lipinski definition) is 1. The summed E-state index contributed by atoms with van der Waals surface area (Å²) < 4.78 is 7.14. The number of hydrogen-bond acceptors (Lipinski definition) is 3. The summed E-state index contributed by atoms with van der Waals surface area (Å²) in [4.78, 5) is 13.5. The minimum atomic E-state index is -0.221. The summed E-state index contributed by atoms with van der Waals surface area (Å²) in [6.07, 6.45) is 3.18. The maximum Gasteiger partial charge on any atom is 0.201 e. The van der Waals surface area contributed by atoms with Gasteiger partial charge in [0.15, 0.2) is 0 Å². The predicted molar refractivity (Wildman–Crippen MR) is 121 cm³/mol. The number of fused-ring (bicyclic) bond motifs is 1. The maximum atomic E-state index is 13.5. The largest absolute Gasteiger partial charge is 0.455 e.